The molecule has 0 radical (unpaired) electrons. The maximum atomic E-state index is 12.3. The molecule has 114 valence electrons. The number of benzene rings is 1. The van der Waals surface area contributed by atoms with Gasteiger partial charge in [-0.3, -0.25) is 0 Å². The van der Waals surface area contributed by atoms with Crippen molar-refractivity contribution in [1.82, 2.24) is 4.72 Å². The number of rotatable bonds is 7. The van der Waals surface area contributed by atoms with Gasteiger partial charge >= 0.3 is 0 Å². The fourth-order valence-electron chi connectivity index (χ4n) is 1.93. The quantitative estimate of drug-likeness (QED) is 0.747. The minimum absolute atomic E-state index is 0.0875. The number of nitrogens with two attached hydrogens (primary N) is 1. The molecule has 3 N–H and O–H groups in total. The van der Waals surface area contributed by atoms with Gasteiger partial charge in [-0.1, -0.05) is 6.07 Å². The largest absolute Gasteiger partial charge is 0.377 e. The molecule has 0 heterocycles. The van der Waals surface area contributed by atoms with Crippen LogP contribution in [0.15, 0.2) is 17.0 Å². The Balaban J connectivity index is 2.87. The Morgan fingerprint density at radius 2 is 1.90 bits per heavy atom. The first-order valence-corrected chi connectivity index (χ1v) is 8.17. The SMILES string of the molecule is Cc1cc(C)c(S(=O)(=O)NCCOC(C)C)cc1CN. The number of ether oxygens (including phenoxy) is 1. The summed E-state index contributed by atoms with van der Waals surface area (Å²) >= 11 is 0. The van der Waals surface area contributed by atoms with Crippen molar-refractivity contribution in [3.05, 3.63) is 28.8 Å². The van der Waals surface area contributed by atoms with Crippen LogP contribution in [0.5, 0.6) is 0 Å². The lowest BCUT2D eigenvalue weighted by molar-refractivity contribution is 0.0834. The molecule has 5 nitrogen and oxygen atoms in total. The monoisotopic (exact) mass is 300 g/mol. The predicted molar refractivity (Wildman–Crippen MR) is 80.1 cm³/mol. The molecule has 0 unspecified atom stereocenters. The third kappa shape index (κ3) is 4.56. The van der Waals surface area contributed by atoms with Crippen molar-refractivity contribution in [3.63, 3.8) is 0 Å². The molecule has 0 spiro atoms. The summed E-state index contributed by atoms with van der Waals surface area (Å²) in [5, 5.41) is 0. The maximum Gasteiger partial charge on any atom is 0.240 e. The van der Waals surface area contributed by atoms with Crippen LogP contribution in [0.2, 0.25) is 0 Å². The Kier molecular flexibility index (Phi) is 6.13. The average Bonchev–Trinajstić information content (AvgIpc) is 2.34. The second-order valence-corrected chi connectivity index (χ2v) is 6.80. The van der Waals surface area contributed by atoms with Crippen molar-refractivity contribution in [2.45, 2.75) is 45.2 Å². The summed E-state index contributed by atoms with van der Waals surface area (Å²) in [6.45, 7) is 8.46. The molecule has 1 aromatic carbocycles. The number of sulfonamides is 1. The molecule has 1 rings (SSSR count). The van der Waals surface area contributed by atoms with Crippen LogP contribution < -0.4 is 10.5 Å². The van der Waals surface area contributed by atoms with Crippen LogP contribution in [0.1, 0.15) is 30.5 Å². The molecule has 0 bridgehead atoms. The van der Waals surface area contributed by atoms with Crippen molar-refractivity contribution < 1.29 is 13.2 Å². The fraction of sp³-hybridized carbons (Fsp3) is 0.571. The minimum atomic E-state index is -3.52. The molecule has 0 aliphatic carbocycles. The smallest absolute Gasteiger partial charge is 0.240 e. The molecule has 0 atom stereocenters. The van der Waals surface area contributed by atoms with Crippen molar-refractivity contribution in [2.75, 3.05) is 13.2 Å². The van der Waals surface area contributed by atoms with Gasteiger partial charge in [-0.2, -0.15) is 0 Å². The minimum Gasteiger partial charge on any atom is -0.377 e. The van der Waals surface area contributed by atoms with E-state index in [9.17, 15) is 8.42 Å². The van der Waals surface area contributed by atoms with E-state index in [4.69, 9.17) is 10.5 Å². The van der Waals surface area contributed by atoms with E-state index in [1.807, 2.05) is 26.8 Å². The Morgan fingerprint density at radius 3 is 2.45 bits per heavy atom. The van der Waals surface area contributed by atoms with E-state index in [2.05, 4.69) is 4.72 Å². The molecular weight excluding hydrogens is 276 g/mol. The zero-order valence-electron chi connectivity index (χ0n) is 12.6. The van der Waals surface area contributed by atoms with E-state index < -0.39 is 10.0 Å². The molecule has 20 heavy (non-hydrogen) atoms. The van der Waals surface area contributed by atoms with Gasteiger partial charge in [0.2, 0.25) is 10.0 Å². The summed E-state index contributed by atoms with van der Waals surface area (Å²) in [7, 11) is -3.52. The van der Waals surface area contributed by atoms with Crippen molar-refractivity contribution >= 4 is 10.0 Å². The lowest BCUT2D eigenvalue weighted by Gasteiger charge is -2.13. The van der Waals surface area contributed by atoms with Gasteiger partial charge in [-0.25, -0.2) is 13.1 Å². The summed E-state index contributed by atoms with van der Waals surface area (Å²) in [5.41, 5.74) is 8.20. The zero-order chi connectivity index (χ0) is 15.3. The molecule has 0 amide bonds. The third-order valence-electron chi connectivity index (χ3n) is 2.99. The van der Waals surface area contributed by atoms with Crippen LogP contribution in [0.25, 0.3) is 0 Å². The second-order valence-electron chi connectivity index (χ2n) is 5.07. The second kappa shape index (κ2) is 7.17. The highest BCUT2D eigenvalue weighted by Crippen LogP contribution is 2.20. The zero-order valence-corrected chi connectivity index (χ0v) is 13.4. The van der Waals surface area contributed by atoms with E-state index in [1.165, 1.54) is 0 Å². The van der Waals surface area contributed by atoms with Gasteiger partial charge in [-0.05, 0) is 50.5 Å². The molecule has 0 fully saturated rings. The van der Waals surface area contributed by atoms with Crippen LogP contribution in [-0.4, -0.2) is 27.7 Å². The average molecular weight is 300 g/mol. The van der Waals surface area contributed by atoms with E-state index in [1.54, 1.807) is 13.0 Å². The van der Waals surface area contributed by atoms with Crippen LogP contribution in [0.3, 0.4) is 0 Å². The van der Waals surface area contributed by atoms with Crippen LogP contribution in [-0.2, 0) is 21.3 Å². The summed E-state index contributed by atoms with van der Waals surface area (Å²) in [6.07, 6.45) is 0.0875. The summed E-state index contributed by atoms with van der Waals surface area (Å²) in [5.74, 6) is 0. The van der Waals surface area contributed by atoms with Gasteiger partial charge in [0.1, 0.15) is 0 Å². The van der Waals surface area contributed by atoms with E-state index in [-0.39, 0.29) is 17.5 Å². The first-order chi connectivity index (χ1) is 9.27. The Morgan fingerprint density at radius 1 is 1.25 bits per heavy atom. The number of hydrogen-bond donors (Lipinski definition) is 2. The van der Waals surface area contributed by atoms with Gasteiger partial charge in [0.15, 0.2) is 0 Å². The Hall–Kier alpha value is -0.950. The van der Waals surface area contributed by atoms with Gasteiger partial charge < -0.3 is 10.5 Å². The standard InChI is InChI=1S/C14H24N2O3S/c1-10(2)19-6-5-16-20(17,18)14-8-13(9-15)11(3)7-12(14)4/h7-8,10,16H,5-6,9,15H2,1-4H3. The molecule has 0 aromatic heterocycles. The van der Waals surface area contributed by atoms with Crippen molar-refractivity contribution in [2.24, 2.45) is 5.73 Å². The van der Waals surface area contributed by atoms with Crippen LogP contribution in [0, 0.1) is 13.8 Å². The Labute approximate surface area is 121 Å². The van der Waals surface area contributed by atoms with Gasteiger partial charge in [0, 0.05) is 13.1 Å². The van der Waals surface area contributed by atoms with E-state index >= 15 is 0 Å². The highest BCUT2D eigenvalue weighted by molar-refractivity contribution is 7.89. The summed E-state index contributed by atoms with van der Waals surface area (Å²) in [4.78, 5) is 0.285. The topological polar surface area (TPSA) is 81.4 Å². The molecule has 0 aliphatic rings. The summed E-state index contributed by atoms with van der Waals surface area (Å²) in [6, 6.07) is 3.50. The van der Waals surface area contributed by atoms with E-state index in [0.717, 1.165) is 16.7 Å². The van der Waals surface area contributed by atoms with Gasteiger partial charge in [0.05, 0.1) is 17.6 Å². The Bertz CT molecular complexity index is 554. The molecule has 6 heteroatoms. The molecule has 0 aliphatic heterocycles. The highest BCUT2D eigenvalue weighted by atomic mass is 32.2. The van der Waals surface area contributed by atoms with E-state index in [0.29, 0.717) is 13.2 Å². The number of aryl methyl sites for hydroxylation is 2. The first kappa shape index (κ1) is 17.1. The molecule has 0 saturated heterocycles. The maximum absolute atomic E-state index is 12.3. The lowest BCUT2D eigenvalue weighted by Crippen LogP contribution is -2.29. The third-order valence-corrected chi connectivity index (χ3v) is 4.59. The van der Waals surface area contributed by atoms with Crippen molar-refractivity contribution in [3.8, 4) is 0 Å². The molecule has 0 saturated carbocycles. The molecular formula is C14H24N2O3S. The van der Waals surface area contributed by atoms with Crippen molar-refractivity contribution in [1.29, 1.82) is 0 Å². The number of hydrogen-bond acceptors (Lipinski definition) is 4. The van der Waals surface area contributed by atoms with Crippen LogP contribution >= 0.6 is 0 Å². The van der Waals surface area contributed by atoms with Gasteiger partial charge in [0.25, 0.3) is 0 Å². The lowest BCUT2D eigenvalue weighted by atomic mass is 10.1. The number of nitrogens with one attached hydrogen (secondary N) is 1. The summed E-state index contributed by atoms with van der Waals surface area (Å²) < 4.78 is 32.4. The molecule has 1 aromatic rings. The predicted octanol–water partition coefficient (Wildman–Crippen LogP) is 1.47. The fourth-order valence-corrected chi connectivity index (χ4v) is 3.22. The highest BCUT2D eigenvalue weighted by Gasteiger charge is 2.17. The normalized spacial score (nSPS) is 12.1. The first-order valence-electron chi connectivity index (χ1n) is 6.69. The van der Waals surface area contributed by atoms with Crippen LogP contribution in [0.4, 0.5) is 0 Å². The van der Waals surface area contributed by atoms with Gasteiger partial charge in [-0.15, -0.1) is 0 Å².